The molecule has 5 heterocycles. The van der Waals surface area contributed by atoms with Gasteiger partial charge in [-0.3, -0.25) is 38.2 Å². The van der Waals surface area contributed by atoms with Gasteiger partial charge >= 0.3 is 0 Å². The Hall–Kier alpha value is -8.76. The van der Waals surface area contributed by atoms with Crippen LogP contribution in [0.1, 0.15) is 294 Å². The van der Waals surface area contributed by atoms with E-state index in [1.807, 2.05) is 215 Å². The van der Waals surface area contributed by atoms with E-state index in [9.17, 15) is 38.0 Å². The molecule has 0 aliphatic heterocycles. The average Bonchev–Trinajstić information content (AvgIpc) is 1.61. The largest absolute Gasteiger partial charge is 0.454 e. The molecule has 0 amide bonds. The first kappa shape index (κ1) is 92.4. The number of fused-ring (bicyclic) bond motifs is 1. The highest BCUT2D eigenvalue weighted by molar-refractivity contribution is 7.07. The van der Waals surface area contributed by atoms with E-state index in [4.69, 9.17) is 4.42 Å². The number of carbonyl (C=O) groups excluding carboxylic acids is 7. The fraction of sp³-hybridized carbons (Fsp3) is 0.484. The summed E-state index contributed by atoms with van der Waals surface area (Å²) < 4.78 is 22.7. The lowest BCUT2D eigenvalue weighted by atomic mass is 9.83. The molecule has 0 N–H and O–H groups in total. The molecule has 9 rings (SSSR count). The first-order valence-corrected chi connectivity index (χ1v) is 37.9. The summed E-state index contributed by atoms with van der Waals surface area (Å²) in [6.07, 6.45) is 2.79. The van der Waals surface area contributed by atoms with Gasteiger partial charge in [0.15, 0.2) is 34.5 Å². The first-order valence-electron chi connectivity index (χ1n) is 37.0. The molecule has 0 saturated carbocycles. The monoisotopic (exact) mass is 1480 g/mol. The van der Waals surface area contributed by atoms with Gasteiger partial charge in [0.25, 0.3) is 0 Å². The maximum atomic E-state index is 13.0. The summed E-state index contributed by atoms with van der Waals surface area (Å²) in [6.45, 7) is 61.0. The zero-order valence-electron chi connectivity index (χ0n) is 70.6. The summed E-state index contributed by atoms with van der Waals surface area (Å²) in [5.41, 5.74) is 13.8. The molecule has 0 radical (unpaired) electrons. The number of carbonyl (C=O) groups is 7. The summed E-state index contributed by atoms with van der Waals surface area (Å²) in [5.74, 6) is 3.13. The topological polar surface area (TPSA) is 194 Å². The van der Waals surface area contributed by atoms with Crippen LogP contribution in [-0.2, 0) is 29.6 Å². The fourth-order valence-corrected chi connectivity index (χ4v) is 10.8. The van der Waals surface area contributed by atoms with Crippen molar-refractivity contribution in [1.82, 2.24) is 29.3 Å². The first-order chi connectivity index (χ1) is 48.9. The van der Waals surface area contributed by atoms with Crippen LogP contribution in [0.5, 0.6) is 0 Å². The second-order valence-corrected chi connectivity index (χ2v) is 36.2. The Labute approximate surface area is 644 Å². The zero-order chi connectivity index (χ0) is 82.0. The van der Waals surface area contributed by atoms with Gasteiger partial charge in [0.1, 0.15) is 40.4 Å². The van der Waals surface area contributed by atoms with E-state index in [0.29, 0.717) is 64.6 Å². The van der Waals surface area contributed by atoms with Crippen molar-refractivity contribution >= 4 is 62.9 Å². The molecule has 0 aliphatic rings. The molecular weight excluding hydrogens is 1360 g/mol. The van der Waals surface area contributed by atoms with Crippen molar-refractivity contribution in [3.63, 3.8) is 0 Å². The SMILES string of the molecule is CC(C)(C)C(=O)c1cscn1.CC(C)c1ccc(CC(=O)C(C)(C)C)cc1.CCn1nc(C)cc1C(=O)C(C)(C)C.Cc1cc(F)cc(C(=O)C(C)(C)C)c1.Cc1ccc([C@H](C)CC(=O)C(C)(C)C)cc1.Cc1cccc(-c2cc3c(cc(C(=O)C(C)(C)C)n3C)o2)c1.Cc1ncc(C(=O)C(C)(C)C)c(C)n1. The van der Waals surface area contributed by atoms with Crippen LogP contribution in [0.25, 0.3) is 22.4 Å². The van der Waals surface area contributed by atoms with Crippen molar-refractivity contribution in [3.05, 3.63) is 211 Å². The van der Waals surface area contributed by atoms with Gasteiger partial charge in [-0.2, -0.15) is 5.10 Å². The van der Waals surface area contributed by atoms with Crippen molar-refractivity contribution in [2.75, 3.05) is 0 Å². The molecule has 0 aliphatic carbocycles. The summed E-state index contributed by atoms with van der Waals surface area (Å²) in [7, 11) is 1.91. The average molecular weight is 1480 g/mol. The molecule has 16 heteroatoms. The molecular formula is C91H125FN6O8S. The molecule has 1 atom stereocenters. The molecule has 580 valence electrons. The molecule has 0 saturated heterocycles. The van der Waals surface area contributed by atoms with E-state index >= 15 is 0 Å². The maximum absolute atomic E-state index is 13.0. The smallest absolute Gasteiger partial charge is 0.187 e. The van der Waals surface area contributed by atoms with E-state index in [0.717, 1.165) is 57.2 Å². The van der Waals surface area contributed by atoms with E-state index in [2.05, 4.69) is 115 Å². The van der Waals surface area contributed by atoms with Crippen molar-refractivity contribution in [1.29, 1.82) is 0 Å². The van der Waals surface area contributed by atoms with Crippen LogP contribution < -0.4 is 0 Å². The molecule has 0 bridgehead atoms. The van der Waals surface area contributed by atoms with Gasteiger partial charge < -0.3 is 8.98 Å². The Morgan fingerprint density at radius 3 is 1.50 bits per heavy atom. The van der Waals surface area contributed by atoms with E-state index < -0.39 is 10.8 Å². The van der Waals surface area contributed by atoms with Crippen molar-refractivity contribution < 1.29 is 42.4 Å². The Morgan fingerprint density at radius 1 is 0.523 bits per heavy atom. The van der Waals surface area contributed by atoms with Gasteiger partial charge in [-0.25, -0.2) is 19.3 Å². The number of hydrogen-bond donors (Lipinski definition) is 0. The van der Waals surface area contributed by atoms with Gasteiger partial charge in [0.2, 0.25) is 0 Å². The normalized spacial score (nSPS) is 12.0. The molecule has 0 fully saturated rings. The highest BCUT2D eigenvalue weighted by Gasteiger charge is 2.31. The number of halogens is 1. The van der Waals surface area contributed by atoms with E-state index in [-0.39, 0.29) is 61.8 Å². The third-order valence-corrected chi connectivity index (χ3v) is 17.8. The second-order valence-electron chi connectivity index (χ2n) is 35.4. The minimum Gasteiger partial charge on any atom is -0.454 e. The minimum absolute atomic E-state index is 0.0277. The molecule has 9 aromatic rings. The van der Waals surface area contributed by atoms with Crippen molar-refractivity contribution in [2.24, 2.45) is 45.0 Å². The van der Waals surface area contributed by atoms with Crippen LogP contribution >= 0.6 is 11.3 Å². The standard InChI is InChI=1S/C19H21NO2.2C15H22O.C12H15FO.C11H16N2O.C11H18N2O.C8H11NOS/c1-12-7-6-8-13(9-12)16-10-14-17(22-16)11-15(20(14)5)18(21)19(2,3)4;1-11-6-8-13(9-7-11)12(2)10-14(16)15(3,4)5;1-11(2)13-8-6-12(7-9-13)10-14(16)15(3,4)5;1-8-5-9(7-10(13)6-8)11(14)12(2,3)4;1-7-9(6-12-8(2)13-7)10(14)11(3,4)5;1-6-13-9(7-8(2)12-13)10(14)11(3,4)5;1-8(2,3)7(10)6-4-11-5-9-6/h6-11H,1-5H3;6-9,12H,10H2,1-5H3;6-9,11H,10H2,1-5H3;5-7H,1-4H3;6H,1-5H3;7H,6H2,1-5H3;4-5H,1-3H3/t;12-;;;;;/m.1...../s1. The summed E-state index contributed by atoms with van der Waals surface area (Å²) in [4.78, 5) is 95.6. The molecule has 0 spiro atoms. The number of aryl methyl sites for hydroxylation is 8. The van der Waals surface area contributed by atoms with Gasteiger partial charge in [0, 0.05) is 99.2 Å². The van der Waals surface area contributed by atoms with E-state index in [1.165, 1.54) is 45.7 Å². The lowest BCUT2D eigenvalue weighted by molar-refractivity contribution is -0.126. The van der Waals surface area contributed by atoms with Gasteiger partial charge in [0.05, 0.1) is 33.7 Å². The second kappa shape index (κ2) is 38.4. The fourth-order valence-electron chi connectivity index (χ4n) is 10.3. The van der Waals surface area contributed by atoms with Crippen LogP contribution in [0.4, 0.5) is 4.39 Å². The number of rotatable bonds is 13. The van der Waals surface area contributed by atoms with Crippen LogP contribution in [0, 0.1) is 85.3 Å². The Balaban J connectivity index is 0.000000327. The Morgan fingerprint density at radius 2 is 1.05 bits per heavy atom. The predicted octanol–water partition coefficient (Wildman–Crippen LogP) is 23.5. The number of Topliss-reactive ketones (excluding diaryl/α,β-unsaturated/α-hetero) is 7. The lowest BCUT2D eigenvalue weighted by Gasteiger charge is -2.20. The number of ketones is 7. The summed E-state index contributed by atoms with van der Waals surface area (Å²) >= 11 is 1.45. The number of benzene rings is 4. The van der Waals surface area contributed by atoms with E-state index in [1.54, 1.807) is 34.8 Å². The van der Waals surface area contributed by atoms with Crippen LogP contribution in [0.15, 0.2) is 131 Å². The lowest BCUT2D eigenvalue weighted by Crippen LogP contribution is -2.23. The van der Waals surface area contributed by atoms with Crippen molar-refractivity contribution in [2.45, 2.75) is 246 Å². The van der Waals surface area contributed by atoms with Crippen LogP contribution in [0.3, 0.4) is 0 Å². The molecule has 4 aromatic carbocycles. The Bertz CT molecular complexity index is 4440. The number of thiazole rings is 1. The van der Waals surface area contributed by atoms with Gasteiger partial charge in [-0.15, -0.1) is 11.3 Å². The van der Waals surface area contributed by atoms with Crippen LogP contribution in [-0.4, -0.2) is 69.8 Å². The van der Waals surface area contributed by atoms with Crippen LogP contribution in [0.2, 0.25) is 0 Å². The highest BCUT2D eigenvalue weighted by atomic mass is 32.1. The van der Waals surface area contributed by atoms with Gasteiger partial charge in [-0.1, -0.05) is 244 Å². The van der Waals surface area contributed by atoms with Gasteiger partial charge in [-0.05, 0) is 113 Å². The van der Waals surface area contributed by atoms with Crippen molar-refractivity contribution in [3.8, 4) is 11.3 Å². The summed E-state index contributed by atoms with van der Waals surface area (Å²) in [6, 6.07) is 35.2. The molecule has 0 unspecified atom stereocenters. The number of nitrogens with zero attached hydrogens (tertiary/aromatic N) is 6. The number of aromatic nitrogens is 6. The number of hydrogen-bond acceptors (Lipinski definition) is 13. The molecule has 107 heavy (non-hydrogen) atoms. The highest BCUT2D eigenvalue weighted by Crippen LogP contribution is 2.34. The quantitative estimate of drug-likeness (QED) is 0.0993. The zero-order valence-corrected chi connectivity index (χ0v) is 71.5. The minimum atomic E-state index is -0.458. The molecule has 5 aromatic heterocycles. The third kappa shape index (κ3) is 29.4. The third-order valence-electron chi connectivity index (χ3n) is 17.2. The number of furan rings is 1. The molecule has 14 nitrogen and oxygen atoms in total. The maximum Gasteiger partial charge on any atom is 0.187 e. The summed E-state index contributed by atoms with van der Waals surface area (Å²) in [5, 5.41) is 6.04. The Kier molecular flexibility index (Phi) is 33.1. The predicted molar refractivity (Wildman–Crippen MR) is 439 cm³/mol.